The number of rotatable bonds is 5. The standard InChI is InChI=1S/C9H16N4OS/c1-3-4-11-7(14)5-12-9-6(2)8(10)13-15-9/h12H,3-5H2,1-2H3,(H2,10,13)(H,11,14). The maximum atomic E-state index is 11.3. The van der Waals surface area contributed by atoms with Crippen LogP contribution >= 0.6 is 11.5 Å². The molecule has 6 heteroatoms. The Hall–Kier alpha value is -1.30. The van der Waals surface area contributed by atoms with Crippen LogP contribution in [0.2, 0.25) is 0 Å². The molecular weight excluding hydrogens is 212 g/mol. The quantitative estimate of drug-likeness (QED) is 0.701. The molecule has 0 radical (unpaired) electrons. The number of anilines is 2. The maximum Gasteiger partial charge on any atom is 0.239 e. The van der Waals surface area contributed by atoms with Crippen LogP contribution in [0.4, 0.5) is 10.8 Å². The van der Waals surface area contributed by atoms with Crippen LogP contribution in [0.15, 0.2) is 0 Å². The van der Waals surface area contributed by atoms with Crippen molar-refractivity contribution in [1.82, 2.24) is 9.69 Å². The van der Waals surface area contributed by atoms with Crippen molar-refractivity contribution in [3.63, 3.8) is 0 Å². The Morgan fingerprint density at radius 3 is 2.87 bits per heavy atom. The van der Waals surface area contributed by atoms with Crippen molar-refractivity contribution >= 4 is 28.3 Å². The van der Waals surface area contributed by atoms with E-state index in [9.17, 15) is 4.79 Å². The van der Waals surface area contributed by atoms with Gasteiger partial charge < -0.3 is 16.4 Å². The van der Waals surface area contributed by atoms with Gasteiger partial charge >= 0.3 is 0 Å². The average Bonchev–Trinajstić information content (AvgIpc) is 2.54. The predicted molar refractivity (Wildman–Crippen MR) is 63.1 cm³/mol. The van der Waals surface area contributed by atoms with Crippen LogP contribution in [0.3, 0.4) is 0 Å². The summed E-state index contributed by atoms with van der Waals surface area (Å²) in [6.45, 7) is 4.87. The van der Waals surface area contributed by atoms with Crippen LogP contribution in [0, 0.1) is 6.92 Å². The van der Waals surface area contributed by atoms with E-state index in [-0.39, 0.29) is 12.5 Å². The molecule has 0 atom stereocenters. The van der Waals surface area contributed by atoms with E-state index in [2.05, 4.69) is 15.0 Å². The maximum absolute atomic E-state index is 11.3. The molecule has 1 aromatic rings. The Bertz CT molecular complexity index is 337. The Morgan fingerprint density at radius 1 is 1.60 bits per heavy atom. The van der Waals surface area contributed by atoms with Gasteiger partial charge in [0.1, 0.15) is 10.8 Å². The van der Waals surface area contributed by atoms with Crippen molar-refractivity contribution in [3.05, 3.63) is 5.56 Å². The van der Waals surface area contributed by atoms with E-state index in [1.165, 1.54) is 11.5 Å². The fourth-order valence-electron chi connectivity index (χ4n) is 1.00. The summed E-state index contributed by atoms with van der Waals surface area (Å²) < 4.78 is 3.98. The SMILES string of the molecule is CCCNC(=O)CNc1snc(N)c1C. The van der Waals surface area contributed by atoms with Crippen molar-refractivity contribution in [3.8, 4) is 0 Å². The van der Waals surface area contributed by atoms with E-state index in [0.29, 0.717) is 12.4 Å². The molecule has 0 saturated heterocycles. The largest absolute Gasteiger partial charge is 0.383 e. The summed E-state index contributed by atoms with van der Waals surface area (Å²) in [6, 6.07) is 0. The summed E-state index contributed by atoms with van der Waals surface area (Å²) in [7, 11) is 0. The zero-order valence-corrected chi connectivity index (χ0v) is 9.78. The average molecular weight is 228 g/mol. The second-order valence-electron chi connectivity index (χ2n) is 3.23. The first-order chi connectivity index (χ1) is 7.15. The lowest BCUT2D eigenvalue weighted by Crippen LogP contribution is -2.30. The summed E-state index contributed by atoms with van der Waals surface area (Å²) in [5.41, 5.74) is 6.49. The minimum Gasteiger partial charge on any atom is -0.383 e. The Morgan fingerprint density at radius 2 is 2.33 bits per heavy atom. The molecule has 0 aliphatic carbocycles. The monoisotopic (exact) mass is 228 g/mol. The van der Waals surface area contributed by atoms with Gasteiger partial charge in [-0.1, -0.05) is 6.92 Å². The van der Waals surface area contributed by atoms with Crippen molar-refractivity contribution in [2.24, 2.45) is 0 Å². The van der Waals surface area contributed by atoms with Crippen molar-refractivity contribution in [2.75, 3.05) is 24.1 Å². The Balaban J connectivity index is 2.37. The highest BCUT2D eigenvalue weighted by Gasteiger charge is 2.07. The van der Waals surface area contributed by atoms with E-state index in [0.717, 1.165) is 17.0 Å². The number of amides is 1. The summed E-state index contributed by atoms with van der Waals surface area (Å²) in [5.74, 6) is 0.514. The van der Waals surface area contributed by atoms with E-state index < -0.39 is 0 Å². The van der Waals surface area contributed by atoms with E-state index in [4.69, 9.17) is 5.73 Å². The van der Waals surface area contributed by atoms with Crippen molar-refractivity contribution in [1.29, 1.82) is 0 Å². The Labute approximate surface area is 93.2 Å². The lowest BCUT2D eigenvalue weighted by molar-refractivity contribution is -0.119. The van der Waals surface area contributed by atoms with Crippen LogP contribution in [0.5, 0.6) is 0 Å². The molecule has 4 N–H and O–H groups in total. The summed E-state index contributed by atoms with van der Waals surface area (Å²) in [6.07, 6.45) is 0.943. The number of aromatic nitrogens is 1. The molecular formula is C9H16N4OS. The molecule has 84 valence electrons. The molecule has 0 aromatic carbocycles. The van der Waals surface area contributed by atoms with Gasteiger partial charge in [-0.2, -0.15) is 4.37 Å². The van der Waals surface area contributed by atoms with Gasteiger partial charge in [0, 0.05) is 12.1 Å². The van der Waals surface area contributed by atoms with Crippen LogP contribution in [-0.4, -0.2) is 23.4 Å². The van der Waals surface area contributed by atoms with Crippen LogP contribution in [-0.2, 0) is 4.79 Å². The molecule has 1 heterocycles. The second-order valence-corrected chi connectivity index (χ2v) is 4.00. The smallest absolute Gasteiger partial charge is 0.239 e. The zero-order chi connectivity index (χ0) is 11.3. The van der Waals surface area contributed by atoms with Gasteiger partial charge in [0.15, 0.2) is 0 Å². The number of carbonyl (C=O) groups excluding carboxylic acids is 1. The predicted octanol–water partition coefficient (Wildman–Crippen LogP) is 0.972. The highest BCUT2D eigenvalue weighted by Crippen LogP contribution is 2.24. The van der Waals surface area contributed by atoms with Gasteiger partial charge in [-0.15, -0.1) is 0 Å². The molecule has 1 rings (SSSR count). The molecule has 0 aliphatic heterocycles. The molecule has 0 aliphatic rings. The lowest BCUT2D eigenvalue weighted by Gasteiger charge is -2.05. The molecule has 5 nitrogen and oxygen atoms in total. The van der Waals surface area contributed by atoms with E-state index in [1.807, 2.05) is 13.8 Å². The highest BCUT2D eigenvalue weighted by molar-refractivity contribution is 7.10. The molecule has 0 fully saturated rings. The normalized spacial score (nSPS) is 10.0. The van der Waals surface area contributed by atoms with Crippen LogP contribution < -0.4 is 16.4 Å². The zero-order valence-electron chi connectivity index (χ0n) is 8.96. The van der Waals surface area contributed by atoms with Gasteiger partial charge in [-0.05, 0) is 24.9 Å². The van der Waals surface area contributed by atoms with E-state index >= 15 is 0 Å². The summed E-state index contributed by atoms with van der Waals surface area (Å²) in [5, 5.41) is 6.65. The highest BCUT2D eigenvalue weighted by atomic mass is 32.1. The first-order valence-corrected chi connectivity index (χ1v) is 5.64. The number of hydrogen-bond acceptors (Lipinski definition) is 5. The fourth-order valence-corrected chi connectivity index (χ4v) is 1.71. The lowest BCUT2D eigenvalue weighted by atomic mass is 10.3. The molecule has 15 heavy (non-hydrogen) atoms. The number of nitrogens with two attached hydrogens (primary N) is 1. The first-order valence-electron chi connectivity index (χ1n) is 4.87. The van der Waals surface area contributed by atoms with Crippen LogP contribution in [0.25, 0.3) is 0 Å². The minimum atomic E-state index is -0.0109. The van der Waals surface area contributed by atoms with Gasteiger partial charge in [0.25, 0.3) is 0 Å². The minimum absolute atomic E-state index is 0.0109. The third-order valence-electron chi connectivity index (χ3n) is 1.94. The molecule has 0 unspecified atom stereocenters. The molecule has 0 spiro atoms. The number of carbonyl (C=O) groups is 1. The van der Waals surface area contributed by atoms with Gasteiger partial charge in [-0.25, -0.2) is 0 Å². The number of nitrogens with zero attached hydrogens (tertiary/aromatic N) is 1. The van der Waals surface area contributed by atoms with Crippen molar-refractivity contribution in [2.45, 2.75) is 20.3 Å². The third-order valence-corrected chi connectivity index (χ3v) is 2.86. The first kappa shape index (κ1) is 11.8. The number of hydrogen-bond donors (Lipinski definition) is 3. The topological polar surface area (TPSA) is 80.0 Å². The summed E-state index contributed by atoms with van der Waals surface area (Å²) in [4.78, 5) is 11.3. The summed E-state index contributed by atoms with van der Waals surface area (Å²) >= 11 is 1.28. The molecule has 1 amide bonds. The Kier molecular flexibility index (Phi) is 4.36. The molecule has 1 aromatic heterocycles. The number of nitrogen functional groups attached to an aromatic ring is 1. The van der Waals surface area contributed by atoms with Crippen LogP contribution in [0.1, 0.15) is 18.9 Å². The van der Waals surface area contributed by atoms with Gasteiger partial charge in [-0.3, -0.25) is 4.79 Å². The van der Waals surface area contributed by atoms with Gasteiger partial charge in [0.2, 0.25) is 5.91 Å². The van der Waals surface area contributed by atoms with Crippen molar-refractivity contribution < 1.29 is 4.79 Å². The second kappa shape index (κ2) is 5.55. The molecule has 0 bridgehead atoms. The van der Waals surface area contributed by atoms with Gasteiger partial charge in [0.05, 0.1) is 6.54 Å². The fraction of sp³-hybridized carbons (Fsp3) is 0.556. The molecule has 0 saturated carbocycles. The number of nitrogens with one attached hydrogen (secondary N) is 2. The van der Waals surface area contributed by atoms with E-state index in [1.54, 1.807) is 0 Å². The third kappa shape index (κ3) is 3.39.